The van der Waals surface area contributed by atoms with Crippen molar-refractivity contribution in [3.63, 3.8) is 0 Å². The van der Waals surface area contributed by atoms with Crippen LogP contribution >= 0.6 is 0 Å². The van der Waals surface area contributed by atoms with Gasteiger partial charge < -0.3 is 0 Å². The van der Waals surface area contributed by atoms with E-state index < -0.39 is 0 Å². The van der Waals surface area contributed by atoms with Gasteiger partial charge in [-0.15, -0.1) is 0 Å². The van der Waals surface area contributed by atoms with E-state index in [1.165, 1.54) is 12.8 Å². The summed E-state index contributed by atoms with van der Waals surface area (Å²) in [6.07, 6.45) is 6.54. The predicted molar refractivity (Wildman–Crippen MR) is 39.0 cm³/mol. The highest BCUT2D eigenvalue weighted by atomic mass is 17.4. The van der Waals surface area contributed by atoms with Gasteiger partial charge in [-0.25, -0.2) is 0 Å². The molecule has 1 aliphatic carbocycles. The summed E-state index contributed by atoms with van der Waals surface area (Å²) in [6.45, 7) is 0. The maximum absolute atomic E-state index is 4.85. The Balaban J connectivity index is 2.24. The fraction of sp³-hybridized carbons (Fsp3) is 0.750. The van der Waals surface area contributed by atoms with Crippen LogP contribution in [0, 0.1) is 0 Å². The minimum atomic E-state index is 0.793. The zero-order valence-electron chi connectivity index (χ0n) is 6.88. The van der Waals surface area contributed by atoms with E-state index in [1.807, 2.05) is 0 Å². The molecule has 12 heavy (non-hydrogen) atoms. The number of hydrogen-bond donors (Lipinski definition) is 0. The molecular weight excluding hydrogens is 160 g/mol. The number of aryl methyl sites for hydroxylation is 2. The molecule has 1 heterocycles. The Hall–Kier alpha value is -1.06. The number of rotatable bonds is 0. The quantitative estimate of drug-likeness (QED) is 0.564. The van der Waals surface area contributed by atoms with Crippen LogP contribution in [0.25, 0.3) is 0 Å². The fourth-order valence-corrected chi connectivity index (χ4v) is 1.49. The van der Waals surface area contributed by atoms with Crippen LogP contribution in [0.15, 0.2) is 18.6 Å². The maximum atomic E-state index is 4.85. The molecule has 0 aromatic carbocycles. The highest BCUT2D eigenvalue weighted by Gasteiger charge is 2.13. The molecule has 0 N–H and O–H groups in total. The monoisotopic (exact) mass is 172 g/mol. The van der Waals surface area contributed by atoms with Gasteiger partial charge in [0.15, 0.2) is 0 Å². The lowest BCUT2D eigenvalue weighted by molar-refractivity contribution is -0.319. The lowest BCUT2D eigenvalue weighted by atomic mass is 10.0. The van der Waals surface area contributed by atoms with Gasteiger partial charge in [0.2, 0.25) is 11.5 Å². The predicted octanol–water partition coefficient (Wildman–Crippen LogP) is 2.84. The SMILES string of the molecule is C1CCCc2ooooc2CC1. The van der Waals surface area contributed by atoms with Crippen LogP contribution in [0.3, 0.4) is 0 Å². The molecule has 1 aromatic heterocycles. The van der Waals surface area contributed by atoms with Crippen molar-refractivity contribution in [2.24, 2.45) is 0 Å². The molecule has 1 aliphatic rings. The summed E-state index contributed by atoms with van der Waals surface area (Å²) in [6, 6.07) is 0. The Bertz CT molecular complexity index is 234. The average Bonchev–Trinajstić information content (AvgIpc) is 2.06. The maximum Gasteiger partial charge on any atom is 0.203 e. The summed E-state index contributed by atoms with van der Waals surface area (Å²) >= 11 is 0. The van der Waals surface area contributed by atoms with E-state index in [0.717, 1.165) is 37.2 Å². The van der Waals surface area contributed by atoms with Crippen molar-refractivity contribution in [3.05, 3.63) is 11.5 Å². The van der Waals surface area contributed by atoms with Crippen LogP contribution in [-0.4, -0.2) is 0 Å². The van der Waals surface area contributed by atoms with Crippen LogP contribution < -0.4 is 0 Å². The summed E-state index contributed by atoms with van der Waals surface area (Å²) < 4.78 is 18.2. The second-order valence-corrected chi connectivity index (χ2v) is 3.06. The Labute approximate surface area is 69.6 Å². The van der Waals surface area contributed by atoms with Gasteiger partial charge in [-0.1, -0.05) is 12.8 Å². The smallest absolute Gasteiger partial charge is 0.203 e. The lowest BCUT2D eigenvalue weighted by Crippen LogP contribution is -1.98. The van der Waals surface area contributed by atoms with E-state index in [0.29, 0.717) is 0 Å². The second-order valence-electron chi connectivity index (χ2n) is 3.06. The van der Waals surface area contributed by atoms with Crippen LogP contribution in [0.5, 0.6) is 0 Å². The second kappa shape index (κ2) is 3.56. The third-order valence-electron chi connectivity index (χ3n) is 2.17. The molecule has 2 rings (SSSR count). The highest BCUT2D eigenvalue weighted by molar-refractivity contribution is 5.01. The topological polar surface area (TPSA) is 52.6 Å². The van der Waals surface area contributed by atoms with Gasteiger partial charge in [-0.05, 0) is 22.3 Å². The molecule has 0 saturated heterocycles. The molecule has 0 amide bonds. The van der Waals surface area contributed by atoms with Crippen LogP contribution in [-0.2, 0) is 12.8 Å². The Morgan fingerprint density at radius 1 is 0.667 bits per heavy atom. The zero-order valence-corrected chi connectivity index (χ0v) is 6.88. The highest BCUT2D eigenvalue weighted by Crippen LogP contribution is 2.19. The van der Waals surface area contributed by atoms with Gasteiger partial charge in [0.05, 0.1) is 0 Å². The summed E-state index contributed by atoms with van der Waals surface area (Å²) in [4.78, 5) is 0. The van der Waals surface area contributed by atoms with Crippen molar-refractivity contribution in [3.8, 4) is 0 Å². The molecule has 4 heteroatoms. The number of fused-ring (bicyclic) bond motifs is 1. The van der Waals surface area contributed by atoms with Gasteiger partial charge in [0.25, 0.3) is 0 Å². The molecule has 0 unspecified atom stereocenters. The zero-order chi connectivity index (χ0) is 8.23. The Kier molecular flexibility index (Phi) is 2.25. The minimum Gasteiger partial charge on any atom is -0.250 e. The minimum absolute atomic E-state index is 0.793. The third-order valence-corrected chi connectivity index (χ3v) is 2.17. The molecule has 0 bridgehead atoms. The first-order valence-corrected chi connectivity index (χ1v) is 4.37. The largest absolute Gasteiger partial charge is 0.250 e. The summed E-state index contributed by atoms with van der Waals surface area (Å²) in [5.41, 5.74) is 0. The van der Waals surface area contributed by atoms with Gasteiger partial charge in [-0.2, -0.15) is 0 Å². The third kappa shape index (κ3) is 1.57. The van der Waals surface area contributed by atoms with Crippen LogP contribution in [0.4, 0.5) is 0 Å². The molecule has 0 fully saturated rings. The summed E-state index contributed by atoms with van der Waals surface area (Å²) in [7, 11) is 0. The molecule has 0 spiro atoms. The first-order valence-electron chi connectivity index (χ1n) is 4.37. The van der Waals surface area contributed by atoms with Crippen molar-refractivity contribution < 1.29 is 18.6 Å². The average molecular weight is 172 g/mol. The van der Waals surface area contributed by atoms with Crippen molar-refractivity contribution >= 4 is 0 Å². The van der Waals surface area contributed by atoms with Crippen molar-refractivity contribution in [1.82, 2.24) is 0 Å². The normalized spacial score (nSPS) is 17.7. The summed E-state index contributed by atoms with van der Waals surface area (Å²) in [5, 5.41) is 0. The Morgan fingerprint density at radius 3 is 1.67 bits per heavy atom. The van der Waals surface area contributed by atoms with E-state index >= 15 is 0 Å². The fourth-order valence-electron chi connectivity index (χ4n) is 1.49. The van der Waals surface area contributed by atoms with E-state index in [1.54, 1.807) is 0 Å². The van der Waals surface area contributed by atoms with Gasteiger partial charge in [0.1, 0.15) is 0 Å². The standard InChI is InChI=1S/C8H12O4/c1-2-4-6-8-7(5-3-1)9-11-12-10-8/h1-6H2. The van der Waals surface area contributed by atoms with E-state index in [4.69, 9.17) is 9.15 Å². The molecule has 68 valence electrons. The number of hydrogen-bond acceptors (Lipinski definition) is 4. The first-order chi connectivity index (χ1) is 5.97. The van der Waals surface area contributed by atoms with Crippen LogP contribution in [0.1, 0.15) is 37.2 Å². The molecule has 0 atom stereocenters. The van der Waals surface area contributed by atoms with Gasteiger partial charge >= 0.3 is 0 Å². The molecule has 0 saturated carbocycles. The molecule has 4 nitrogen and oxygen atoms in total. The van der Waals surface area contributed by atoms with Gasteiger partial charge in [0, 0.05) is 12.8 Å². The van der Waals surface area contributed by atoms with E-state index in [2.05, 4.69) is 9.47 Å². The van der Waals surface area contributed by atoms with Crippen molar-refractivity contribution in [2.75, 3.05) is 0 Å². The van der Waals surface area contributed by atoms with Crippen LogP contribution in [0.2, 0.25) is 0 Å². The molecule has 0 radical (unpaired) electrons. The molecular formula is C8H12O4. The Morgan fingerprint density at radius 2 is 1.17 bits per heavy atom. The first kappa shape index (κ1) is 7.58. The lowest BCUT2D eigenvalue weighted by Gasteiger charge is -2.06. The van der Waals surface area contributed by atoms with Gasteiger partial charge in [-0.3, -0.25) is 9.15 Å². The molecule has 1 aromatic rings. The van der Waals surface area contributed by atoms with E-state index in [-0.39, 0.29) is 0 Å². The van der Waals surface area contributed by atoms with E-state index in [9.17, 15) is 0 Å². The summed E-state index contributed by atoms with van der Waals surface area (Å²) in [5.74, 6) is 1.59. The van der Waals surface area contributed by atoms with Crippen molar-refractivity contribution in [2.45, 2.75) is 38.5 Å². The molecule has 0 aliphatic heterocycles. The van der Waals surface area contributed by atoms with Crippen molar-refractivity contribution in [1.29, 1.82) is 0 Å².